The number of hydrogen-bond acceptors (Lipinski definition) is 4. The van der Waals surface area contributed by atoms with Crippen molar-refractivity contribution < 1.29 is 9.53 Å². The summed E-state index contributed by atoms with van der Waals surface area (Å²) in [4.78, 5) is 12.1. The smallest absolute Gasteiger partial charge is 0.342 e. The lowest BCUT2D eigenvalue weighted by molar-refractivity contribution is 0.0384. The second-order valence-electron chi connectivity index (χ2n) is 4.44. The van der Waals surface area contributed by atoms with Crippen LogP contribution in [0.1, 0.15) is 42.0 Å². The molecule has 102 valence electrons. The molecule has 0 radical (unpaired) electrons. The first-order valence-electron chi connectivity index (χ1n) is 6.25. The fourth-order valence-corrected chi connectivity index (χ4v) is 2.47. The third-order valence-corrected chi connectivity index (χ3v) is 3.53. The fourth-order valence-electron chi connectivity index (χ4n) is 1.93. The van der Waals surface area contributed by atoms with Gasteiger partial charge in [0.2, 0.25) is 0 Å². The summed E-state index contributed by atoms with van der Waals surface area (Å²) in [7, 11) is 0. The summed E-state index contributed by atoms with van der Waals surface area (Å²) in [5.74, 6) is 0.557. The molecule has 0 aliphatic rings. The molecule has 1 heterocycles. The monoisotopic (exact) mass is 270 g/mol. The number of rotatable bonds is 6. The van der Waals surface area contributed by atoms with Gasteiger partial charge in [-0.15, -0.1) is 0 Å². The molecular formula is C13H22N2O2S. The van der Waals surface area contributed by atoms with Gasteiger partial charge in [0.1, 0.15) is 11.7 Å². The summed E-state index contributed by atoms with van der Waals surface area (Å²) in [6.45, 7) is 8.62. The van der Waals surface area contributed by atoms with Crippen LogP contribution in [0.25, 0.3) is 0 Å². The highest BCUT2D eigenvalue weighted by Gasteiger charge is 2.21. The average Bonchev–Trinajstić information content (AvgIpc) is 2.55. The van der Waals surface area contributed by atoms with Crippen molar-refractivity contribution in [3.63, 3.8) is 0 Å². The van der Waals surface area contributed by atoms with Crippen molar-refractivity contribution in [1.29, 1.82) is 0 Å². The predicted octanol–water partition coefficient (Wildman–Crippen LogP) is 2.82. The number of ether oxygens (including phenoxy) is 1. The number of esters is 1. The van der Waals surface area contributed by atoms with Gasteiger partial charge in [0.05, 0.1) is 11.4 Å². The molecule has 0 saturated carbocycles. The van der Waals surface area contributed by atoms with Gasteiger partial charge >= 0.3 is 5.97 Å². The van der Waals surface area contributed by atoms with Crippen LogP contribution in [0, 0.1) is 13.8 Å². The maximum Gasteiger partial charge on any atom is 0.342 e. The third kappa shape index (κ3) is 3.51. The number of aromatic nitrogens is 2. The Morgan fingerprint density at radius 1 is 1.50 bits per heavy atom. The number of thioether (sulfide) groups is 1. The van der Waals surface area contributed by atoms with Gasteiger partial charge in [0.25, 0.3) is 0 Å². The highest BCUT2D eigenvalue weighted by atomic mass is 32.2. The molecule has 0 fully saturated rings. The summed E-state index contributed by atoms with van der Waals surface area (Å²) in [6.07, 6.45) is 2.93. The largest absolute Gasteiger partial charge is 0.458 e. The van der Waals surface area contributed by atoms with E-state index in [4.69, 9.17) is 4.74 Å². The minimum Gasteiger partial charge on any atom is -0.458 e. The van der Waals surface area contributed by atoms with E-state index in [2.05, 4.69) is 12.0 Å². The second-order valence-corrected chi connectivity index (χ2v) is 5.35. The van der Waals surface area contributed by atoms with E-state index in [0.29, 0.717) is 5.56 Å². The zero-order valence-corrected chi connectivity index (χ0v) is 12.6. The lowest BCUT2D eigenvalue weighted by atomic mass is 10.2. The minimum absolute atomic E-state index is 0.0687. The Morgan fingerprint density at radius 3 is 2.72 bits per heavy atom. The fraction of sp³-hybridized carbons (Fsp3) is 0.692. The zero-order valence-electron chi connectivity index (χ0n) is 11.8. The number of carbonyl (C=O) groups excluding carboxylic acids is 1. The van der Waals surface area contributed by atoms with Crippen LogP contribution >= 0.6 is 11.8 Å². The molecule has 1 rings (SSSR count). The molecule has 0 aromatic carbocycles. The molecule has 18 heavy (non-hydrogen) atoms. The van der Waals surface area contributed by atoms with Crippen LogP contribution in [0.4, 0.5) is 0 Å². The van der Waals surface area contributed by atoms with E-state index in [9.17, 15) is 4.79 Å². The summed E-state index contributed by atoms with van der Waals surface area (Å²) >= 11 is 1.67. The van der Waals surface area contributed by atoms with Crippen molar-refractivity contribution in [2.24, 2.45) is 0 Å². The average molecular weight is 270 g/mol. The van der Waals surface area contributed by atoms with Gasteiger partial charge in [-0.05, 0) is 33.4 Å². The normalized spacial score (nSPS) is 12.5. The van der Waals surface area contributed by atoms with Crippen molar-refractivity contribution in [3.8, 4) is 0 Å². The molecule has 0 N–H and O–H groups in total. The minimum atomic E-state index is -0.256. The lowest BCUT2D eigenvalue weighted by Gasteiger charge is -2.12. The molecule has 1 atom stereocenters. The number of carbonyl (C=O) groups is 1. The first kappa shape index (κ1) is 15.1. The summed E-state index contributed by atoms with van der Waals surface area (Å²) in [5.41, 5.74) is 2.27. The molecule has 0 spiro atoms. The third-order valence-electron chi connectivity index (χ3n) is 2.73. The van der Waals surface area contributed by atoms with Gasteiger partial charge in [-0.3, -0.25) is 4.68 Å². The van der Waals surface area contributed by atoms with E-state index in [-0.39, 0.29) is 12.1 Å². The lowest BCUT2D eigenvalue weighted by Crippen LogP contribution is -2.18. The number of nitrogens with zero attached hydrogens (tertiary/aromatic N) is 2. The van der Waals surface area contributed by atoms with Gasteiger partial charge in [-0.25, -0.2) is 4.79 Å². The van der Waals surface area contributed by atoms with E-state index < -0.39 is 0 Å². The van der Waals surface area contributed by atoms with E-state index in [1.54, 1.807) is 11.8 Å². The molecule has 0 amide bonds. The van der Waals surface area contributed by atoms with Crippen LogP contribution in [0.5, 0.6) is 0 Å². The van der Waals surface area contributed by atoms with Crippen LogP contribution in [-0.2, 0) is 11.3 Å². The molecular weight excluding hydrogens is 248 g/mol. The number of aryl methyl sites for hydroxylation is 2. The highest BCUT2D eigenvalue weighted by Crippen LogP contribution is 2.16. The zero-order chi connectivity index (χ0) is 13.7. The van der Waals surface area contributed by atoms with E-state index in [0.717, 1.165) is 30.1 Å². The van der Waals surface area contributed by atoms with Crippen molar-refractivity contribution in [2.75, 3.05) is 12.0 Å². The molecule has 0 bridgehead atoms. The highest BCUT2D eigenvalue weighted by molar-refractivity contribution is 7.98. The van der Waals surface area contributed by atoms with E-state index in [1.807, 2.05) is 31.7 Å². The van der Waals surface area contributed by atoms with Crippen molar-refractivity contribution in [2.45, 2.75) is 46.8 Å². The molecule has 4 nitrogen and oxygen atoms in total. The first-order valence-corrected chi connectivity index (χ1v) is 7.64. The topological polar surface area (TPSA) is 44.1 Å². The Kier molecular flexibility index (Phi) is 5.72. The van der Waals surface area contributed by atoms with Gasteiger partial charge in [0, 0.05) is 12.3 Å². The Labute approximate surface area is 113 Å². The maximum absolute atomic E-state index is 12.1. The molecule has 1 aromatic rings. The van der Waals surface area contributed by atoms with Gasteiger partial charge in [-0.2, -0.15) is 16.9 Å². The second kappa shape index (κ2) is 6.83. The van der Waals surface area contributed by atoms with Crippen LogP contribution < -0.4 is 0 Å². The Morgan fingerprint density at radius 2 is 2.17 bits per heavy atom. The van der Waals surface area contributed by atoms with Crippen LogP contribution in [0.3, 0.4) is 0 Å². The van der Waals surface area contributed by atoms with Crippen molar-refractivity contribution in [3.05, 3.63) is 17.0 Å². The van der Waals surface area contributed by atoms with E-state index in [1.165, 1.54) is 0 Å². The van der Waals surface area contributed by atoms with Gasteiger partial charge in [-0.1, -0.05) is 6.92 Å². The molecule has 0 saturated heterocycles. The van der Waals surface area contributed by atoms with Crippen LogP contribution in [0.15, 0.2) is 0 Å². The Bertz CT molecular complexity index is 415. The summed E-state index contributed by atoms with van der Waals surface area (Å²) in [6, 6.07) is 0. The van der Waals surface area contributed by atoms with Crippen molar-refractivity contribution >= 4 is 17.7 Å². The Balaban J connectivity index is 2.85. The molecule has 0 unspecified atom stereocenters. The summed E-state index contributed by atoms with van der Waals surface area (Å²) < 4.78 is 7.30. The first-order chi connectivity index (χ1) is 8.51. The predicted molar refractivity (Wildman–Crippen MR) is 75.3 cm³/mol. The summed E-state index contributed by atoms with van der Waals surface area (Å²) in [5, 5.41) is 4.38. The quantitative estimate of drug-likeness (QED) is 0.746. The van der Waals surface area contributed by atoms with Gasteiger partial charge < -0.3 is 4.74 Å². The van der Waals surface area contributed by atoms with Crippen LogP contribution in [0.2, 0.25) is 0 Å². The molecule has 0 aliphatic heterocycles. The molecule has 0 aliphatic carbocycles. The van der Waals surface area contributed by atoms with Crippen molar-refractivity contribution in [1.82, 2.24) is 9.78 Å². The molecule has 5 heteroatoms. The molecule has 1 aromatic heterocycles. The maximum atomic E-state index is 12.1. The standard InChI is InChI=1S/C13H22N2O2S/c1-6-7-15-11(4)12(10(3)14-15)13(16)17-9(2)8-18-5/h9H,6-8H2,1-5H3/t9-/m1/s1. The number of hydrogen-bond donors (Lipinski definition) is 0. The van der Waals surface area contributed by atoms with E-state index >= 15 is 0 Å². The SMILES string of the molecule is CCCn1nc(C)c(C(=O)O[C@H](C)CSC)c1C. The Hall–Kier alpha value is -0.970. The van der Waals surface area contributed by atoms with Crippen LogP contribution in [-0.4, -0.2) is 33.9 Å². The van der Waals surface area contributed by atoms with Gasteiger partial charge in [0.15, 0.2) is 0 Å².